The van der Waals surface area contributed by atoms with Crippen LogP contribution in [0.4, 0.5) is 4.39 Å². The minimum Gasteiger partial charge on any atom is -0.379 e. The van der Waals surface area contributed by atoms with Crippen LogP contribution in [0.1, 0.15) is 25.3 Å². The predicted octanol–water partition coefficient (Wildman–Crippen LogP) is 2.04. The molecule has 1 aromatic rings. The second-order valence-electron chi connectivity index (χ2n) is 6.23. The van der Waals surface area contributed by atoms with Crippen LogP contribution in [0.2, 0.25) is 0 Å². The molecule has 2 N–H and O–H groups in total. The normalized spacial score (nSPS) is 16.0. The summed E-state index contributed by atoms with van der Waals surface area (Å²) in [7, 11) is 0. The number of hydrogen-bond acceptors (Lipinski definition) is 3. The third kappa shape index (κ3) is 8.31. The molecule has 5 nitrogen and oxygen atoms in total. The van der Waals surface area contributed by atoms with Gasteiger partial charge in [0.05, 0.1) is 13.2 Å². The SMILES string of the molecule is CCNC(=NCCCc1cccc(F)c1)NCCCN1CCOCC1. The van der Waals surface area contributed by atoms with E-state index >= 15 is 0 Å². The van der Waals surface area contributed by atoms with E-state index in [1.807, 2.05) is 6.07 Å². The van der Waals surface area contributed by atoms with Gasteiger partial charge in [-0.2, -0.15) is 0 Å². The standard InChI is InChI=1S/C19H31FN4O/c1-2-21-19(23-10-5-11-24-12-14-25-15-13-24)22-9-4-7-17-6-3-8-18(20)16-17/h3,6,8,16H,2,4-5,7,9-15H2,1H3,(H2,21,22,23). The molecular weight excluding hydrogens is 319 g/mol. The van der Waals surface area contributed by atoms with Crippen LogP contribution < -0.4 is 10.6 Å². The fraction of sp³-hybridized carbons (Fsp3) is 0.632. The van der Waals surface area contributed by atoms with Gasteiger partial charge in [0.1, 0.15) is 5.82 Å². The first kappa shape index (κ1) is 19.7. The number of rotatable bonds is 9. The maximum Gasteiger partial charge on any atom is 0.191 e. The monoisotopic (exact) mass is 350 g/mol. The van der Waals surface area contributed by atoms with E-state index in [1.54, 1.807) is 12.1 Å². The average Bonchev–Trinajstić information content (AvgIpc) is 2.63. The van der Waals surface area contributed by atoms with Gasteiger partial charge in [-0.05, 0) is 50.4 Å². The number of ether oxygens (including phenoxy) is 1. The minimum absolute atomic E-state index is 0.170. The lowest BCUT2D eigenvalue weighted by Crippen LogP contribution is -2.40. The van der Waals surface area contributed by atoms with Crippen LogP contribution in [0.15, 0.2) is 29.3 Å². The summed E-state index contributed by atoms with van der Waals surface area (Å²) in [6.45, 7) is 9.42. The van der Waals surface area contributed by atoms with Gasteiger partial charge < -0.3 is 15.4 Å². The Labute approximate surface area is 150 Å². The van der Waals surface area contributed by atoms with Crippen molar-refractivity contribution in [2.75, 3.05) is 52.5 Å². The van der Waals surface area contributed by atoms with Gasteiger partial charge in [-0.25, -0.2) is 4.39 Å². The van der Waals surface area contributed by atoms with Crippen molar-refractivity contribution in [1.29, 1.82) is 0 Å². The molecule has 0 saturated carbocycles. The van der Waals surface area contributed by atoms with E-state index in [2.05, 4.69) is 27.4 Å². The maximum absolute atomic E-state index is 13.2. The topological polar surface area (TPSA) is 48.9 Å². The fourth-order valence-corrected chi connectivity index (χ4v) is 2.84. The zero-order valence-corrected chi connectivity index (χ0v) is 15.3. The smallest absolute Gasteiger partial charge is 0.191 e. The molecule has 0 aliphatic carbocycles. The number of nitrogens with zero attached hydrogens (tertiary/aromatic N) is 2. The number of morpholine rings is 1. The van der Waals surface area contributed by atoms with Crippen LogP contribution in [0.25, 0.3) is 0 Å². The van der Waals surface area contributed by atoms with Gasteiger partial charge in [0, 0.05) is 32.7 Å². The molecule has 1 aliphatic heterocycles. The summed E-state index contributed by atoms with van der Waals surface area (Å²) >= 11 is 0. The Morgan fingerprint density at radius 3 is 2.84 bits per heavy atom. The van der Waals surface area contributed by atoms with Gasteiger partial charge in [-0.3, -0.25) is 9.89 Å². The van der Waals surface area contributed by atoms with Crippen molar-refractivity contribution in [3.05, 3.63) is 35.6 Å². The number of hydrogen-bond donors (Lipinski definition) is 2. The molecule has 0 atom stereocenters. The van der Waals surface area contributed by atoms with Crippen LogP contribution in [-0.4, -0.2) is 63.3 Å². The van der Waals surface area contributed by atoms with Crippen molar-refractivity contribution in [3.63, 3.8) is 0 Å². The number of nitrogens with one attached hydrogen (secondary N) is 2. The largest absolute Gasteiger partial charge is 0.379 e. The van der Waals surface area contributed by atoms with E-state index in [0.717, 1.165) is 83.3 Å². The molecule has 1 heterocycles. The van der Waals surface area contributed by atoms with E-state index in [9.17, 15) is 4.39 Å². The Balaban J connectivity index is 1.63. The highest BCUT2D eigenvalue weighted by Gasteiger charge is 2.09. The van der Waals surface area contributed by atoms with Crippen LogP contribution in [0.5, 0.6) is 0 Å². The van der Waals surface area contributed by atoms with Gasteiger partial charge >= 0.3 is 0 Å². The Morgan fingerprint density at radius 1 is 1.24 bits per heavy atom. The highest BCUT2D eigenvalue weighted by molar-refractivity contribution is 5.79. The van der Waals surface area contributed by atoms with Crippen LogP contribution in [0, 0.1) is 5.82 Å². The lowest BCUT2D eigenvalue weighted by Gasteiger charge is -2.26. The summed E-state index contributed by atoms with van der Waals surface area (Å²) in [5, 5.41) is 6.66. The summed E-state index contributed by atoms with van der Waals surface area (Å²) < 4.78 is 18.5. The lowest BCUT2D eigenvalue weighted by atomic mass is 10.1. The number of benzene rings is 1. The molecule has 0 bridgehead atoms. The summed E-state index contributed by atoms with van der Waals surface area (Å²) in [4.78, 5) is 7.04. The molecule has 25 heavy (non-hydrogen) atoms. The highest BCUT2D eigenvalue weighted by atomic mass is 19.1. The third-order valence-corrected chi connectivity index (χ3v) is 4.17. The second-order valence-corrected chi connectivity index (χ2v) is 6.23. The highest BCUT2D eigenvalue weighted by Crippen LogP contribution is 2.06. The lowest BCUT2D eigenvalue weighted by molar-refractivity contribution is 0.0376. The van der Waals surface area contributed by atoms with Crippen LogP contribution >= 0.6 is 0 Å². The first-order chi connectivity index (χ1) is 12.3. The first-order valence-electron chi connectivity index (χ1n) is 9.34. The zero-order chi connectivity index (χ0) is 17.7. The van der Waals surface area contributed by atoms with Crippen molar-refractivity contribution >= 4 is 5.96 Å². The van der Waals surface area contributed by atoms with Crippen LogP contribution in [0.3, 0.4) is 0 Å². The predicted molar refractivity (Wildman–Crippen MR) is 101 cm³/mol. The molecule has 1 aliphatic rings. The molecule has 0 spiro atoms. The van der Waals surface area contributed by atoms with Gasteiger partial charge in [0.2, 0.25) is 0 Å². The van der Waals surface area contributed by atoms with Gasteiger partial charge in [0.25, 0.3) is 0 Å². The van der Waals surface area contributed by atoms with E-state index in [0.29, 0.717) is 0 Å². The molecule has 1 saturated heterocycles. The average molecular weight is 350 g/mol. The summed E-state index contributed by atoms with van der Waals surface area (Å²) in [6, 6.07) is 6.79. The number of halogens is 1. The molecule has 0 amide bonds. The maximum atomic E-state index is 13.2. The number of aryl methyl sites for hydroxylation is 1. The number of guanidine groups is 1. The van der Waals surface area contributed by atoms with Crippen molar-refractivity contribution in [3.8, 4) is 0 Å². The zero-order valence-electron chi connectivity index (χ0n) is 15.3. The van der Waals surface area contributed by atoms with Gasteiger partial charge in [-0.15, -0.1) is 0 Å². The molecule has 0 radical (unpaired) electrons. The molecule has 2 rings (SSSR count). The van der Waals surface area contributed by atoms with Crippen LogP contribution in [-0.2, 0) is 11.2 Å². The molecule has 6 heteroatoms. The molecule has 140 valence electrons. The summed E-state index contributed by atoms with van der Waals surface area (Å²) in [5.74, 6) is 0.694. The van der Waals surface area contributed by atoms with Gasteiger partial charge in [-0.1, -0.05) is 12.1 Å². The Kier molecular flexibility index (Phi) is 9.29. The molecule has 0 aromatic heterocycles. The van der Waals surface area contributed by atoms with Crippen molar-refractivity contribution in [2.45, 2.75) is 26.2 Å². The van der Waals surface area contributed by atoms with Crippen molar-refractivity contribution in [1.82, 2.24) is 15.5 Å². The van der Waals surface area contributed by atoms with E-state index in [1.165, 1.54) is 6.07 Å². The van der Waals surface area contributed by atoms with Crippen molar-refractivity contribution in [2.24, 2.45) is 4.99 Å². The Hall–Kier alpha value is -1.66. The molecule has 1 fully saturated rings. The summed E-state index contributed by atoms with van der Waals surface area (Å²) in [6.07, 6.45) is 2.85. The molecule has 0 unspecified atom stereocenters. The van der Waals surface area contributed by atoms with Crippen molar-refractivity contribution < 1.29 is 9.13 Å². The molecular formula is C19H31FN4O. The molecule has 1 aromatic carbocycles. The first-order valence-corrected chi connectivity index (χ1v) is 9.34. The Bertz CT molecular complexity index is 518. The summed E-state index contributed by atoms with van der Waals surface area (Å²) in [5.41, 5.74) is 1.03. The quantitative estimate of drug-likeness (QED) is 0.406. The fourth-order valence-electron chi connectivity index (χ4n) is 2.84. The Morgan fingerprint density at radius 2 is 2.08 bits per heavy atom. The van der Waals surface area contributed by atoms with E-state index < -0.39 is 0 Å². The second kappa shape index (κ2) is 11.8. The minimum atomic E-state index is -0.170. The van der Waals surface area contributed by atoms with E-state index in [4.69, 9.17) is 4.74 Å². The third-order valence-electron chi connectivity index (χ3n) is 4.17. The van der Waals surface area contributed by atoms with E-state index in [-0.39, 0.29) is 5.82 Å². The number of aliphatic imine (C=N–C) groups is 1. The van der Waals surface area contributed by atoms with Gasteiger partial charge in [0.15, 0.2) is 5.96 Å².